The van der Waals surface area contributed by atoms with Crippen molar-refractivity contribution in [2.75, 3.05) is 6.54 Å². The van der Waals surface area contributed by atoms with Crippen LogP contribution >= 0.6 is 11.3 Å². The standard InChI is InChI=1S/C19H19N3OS/c1-13-11-14(2)22(20-13)17-5-3-15(4-6-17)19(23)21-9-7-18-16(12-21)8-10-24-18/h3-6,8,10-11H,7,9,12H2,1-2H3. The van der Waals surface area contributed by atoms with E-state index in [1.165, 1.54) is 10.4 Å². The van der Waals surface area contributed by atoms with Gasteiger partial charge in [-0.1, -0.05) is 0 Å². The summed E-state index contributed by atoms with van der Waals surface area (Å²) in [6.45, 7) is 5.53. The maximum absolute atomic E-state index is 12.8. The molecular formula is C19H19N3OS. The summed E-state index contributed by atoms with van der Waals surface area (Å²) in [5.41, 5.74) is 5.09. The van der Waals surface area contributed by atoms with E-state index < -0.39 is 0 Å². The quantitative estimate of drug-likeness (QED) is 0.714. The first-order valence-corrected chi connectivity index (χ1v) is 8.98. The van der Waals surface area contributed by atoms with Crippen molar-refractivity contribution in [3.63, 3.8) is 0 Å². The first-order chi connectivity index (χ1) is 11.6. The van der Waals surface area contributed by atoms with E-state index >= 15 is 0 Å². The molecule has 3 heterocycles. The summed E-state index contributed by atoms with van der Waals surface area (Å²) in [6.07, 6.45) is 0.961. The Morgan fingerprint density at radius 1 is 1.17 bits per heavy atom. The molecular weight excluding hydrogens is 318 g/mol. The lowest BCUT2D eigenvalue weighted by molar-refractivity contribution is 0.0736. The van der Waals surface area contributed by atoms with Crippen LogP contribution in [0.2, 0.25) is 0 Å². The molecule has 0 saturated carbocycles. The summed E-state index contributed by atoms with van der Waals surface area (Å²) in [4.78, 5) is 16.1. The Hall–Kier alpha value is -2.40. The Balaban J connectivity index is 1.55. The molecule has 0 N–H and O–H groups in total. The number of carbonyl (C=O) groups excluding carboxylic acids is 1. The highest BCUT2D eigenvalue weighted by atomic mass is 32.1. The monoisotopic (exact) mass is 337 g/mol. The van der Waals surface area contributed by atoms with E-state index in [-0.39, 0.29) is 5.91 Å². The number of thiophene rings is 1. The number of rotatable bonds is 2. The molecule has 4 nitrogen and oxygen atoms in total. The van der Waals surface area contributed by atoms with Gasteiger partial charge in [0, 0.05) is 29.2 Å². The molecule has 1 aliphatic heterocycles. The van der Waals surface area contributed by atoms with Gasteiger partial charge >= 0.3 is 0 Å². The van der Waals surface area contributed by atoms with E-state index in [1.807, 2.05) is 53.8 Å². The van der Waals surface area contributed by atoms with Gasteiger partial charge in [0.05, 0.1) is 11.4 Å². The highest BCUT2D eigenvalue weighted by Gasteiger charge is 2.22. The van der Waals surface area contributed by atoms with E-state index in [0.29, 0.717) is 0 Å². The minimum absolute atomic E-state index is 0.103. The molecule has 3 aromatic rings. The van der Waals surface area contributed by atoms with Crippen LogP contribution in [0.1, 0.15) is 32.2 Å². The van der Waals surface area contributed by atoms with Crippen molar-refractivity contribution in [1.82, 2.24) is 14.7 Å². The second kappa shape index (κ2) is 5.91. The Bertz CT molecular complexity index is 892. The molecule has 1 aliphatic rings. The summed E-state index contributed by atoms with van der Waals surface area (Å²) in [5, 5.41) is 6.60. The van der Waals surface area contributed by atoms with Gasteiger partial charge in [-0.05, 0) is 67.6 Å². The van der Waals surface area contributed by atoms with Crippen molar-refractivity contribution < 1.29 is 4.79 Å². The van der Waals surface area contributed by atoms with Crippen LogP contribution in [0.15, 0.2) is 41.8 Å². The lowest BCUT2D eigenvalue weighted by atomic mass is 10.1. The molecule has 122 valence electrons. The SMILES string of the molecule is Cc1cc(C)n(-c2ccc(C(=O)N3CCc4sccc4C3)cc2)n1. The van der Waals surface area contributed by atoms with E-state index in [4.69, 9.17) is 0 Å². The summed E-state index contributed by atoms with van der Waals surface area (Å²) in [6, 6.07) is 11.9. The molecule has 2 aromatic heterocycles. The summed E-state index contributed by atoms with van der Waals surface area (Å²) < 4.78 is 1.90. The minimum atomic E-state index is 0.103. The Morgan fingerprint density at radius 2 is 1.96 bits per heavy atom. The number of aromatic nitrogens is 2. The highest BCUT2D eigenvalue weighted by Crippen LogP contribution is 2.25. The third kappa shape index (κ3) is 2.65. The van der Waals surface area contributed by atoms with E-state index in [2.05, 4.69) is 16.5 Å². The van der Waals surface area contributed by atoms with Gasteiger partial charge < -0.3 is 4.90 Å². The highest BCUT2D eigenvalue weighted by molar-refractivity contribution is 7.10. The van der Waals surface area contributed by atoms with Gasteiger partial charge in [0.25, 0.3) is 5.91 Å². The maximum atomic E-state index is 12.8. The molecule has 0 fully saturated rings. The average molecular weight is 337 g/mol. The Morgan fingerprint density at radius 3 is 2.67 bits per heavy atom. The molecule has 1 amide bonds. The molecule has 0 atom stereocenters. The normalized spacial score (nSPS) is 13.8. The Labute approximate surface area is 145 Å². The molecule has 0 bridgehead atoms. The van der Waals surface area contributed by atoms with Gasteiger partial charge in [-0.25, -0.2) is 4.68 Å². The van der Waals surface area contributed by atoms with Crippen LogP contribution in [0.25, 0.3) is 5.69 Å². The second-order valence-corrected chi connectivity index (χ2v) is 7.23. The van der Waals surface area contributed by atoms with Crippen molar-refractivity contribution in [1.29, 1.82) is 0 Å². The largest absolute Gasteiger partial charge is 0.334 e. The summed E-state index contributed by atoms with van der Waals surface area (Å²) >= 11 is 1.79. The Kier molecular flexibility index (Phi) is 3.73. The van der Waals surface area contributed by atoms with Crippen LogP contribution in [0.4, 0.5) is 0 Å². The predicted octanol–water partition coefficient (Wildman–Crippen LogP) is 3.75. The van der Waals surface area contributed by atoms with Crippen LogP contribution in [0, 0.1) is 13.8 Å². The minimum Gasteiger partial charge on any atom is -0.334 e. The smallest absolute Gasteiger partial charge is 0.254 e. The third-order valence-corrected chi connectivity index (χ3v) is 5.49. The third-order valence-electron chi connectivity index (χ3n) is 4.46. The van der Waals surface area contributed by atoms with Crippen LogP contribution in [-0.2, 0) is 13.0 Å². The first kappa shape index (κ1) is 15.1. The molecule has 24 heavy (non-hydrogen) atoms. The number of hydrogen-bond donors (Lipinski definition) is 0. The van der Waals surface area contributed by atoms with Crippen LogP contribution in [-0.4, -0.2) is 27.1 Å². The molecule has 0 saturated heterocycles. The molecule has 0 aliphatic carbocycles. The van der Waals surface area contributed by atoms with Crippen molar-refractivity contribution in [2.24, 2.45) is 0 Å². The molecule has 0 radical (unpaired) electrons. The first-order valence-electron chi connectivity index (χ1n) is 8.10. The summed E-state index contributed by atoms with van der Waals surface area (Å²) in [5.74, 6) is 0.103. The van der Waals surface area contributed by atoms with Gasteiger partial charge in [-0.2, -0.15) is 5.10 Å². The van der Waals surface area contributed by atoms with E-state index in [1.54, 1.807) is 11.3 Å². The predicted molar refractivity (Wildman–Crippen MR) is 95.8 cm³/mol. The number of aryl methyl sites for hydroxylation is 2. The molecule has 5 heteroatoms. The fourth-order valence-corrected chi connectivity index (χ4v) is 4.13. The number of fused-ring (bicyclic) bond motifs is 1. The van der Waals surface area contributed by atoms with Gasteiger partial charge in [-0.15, -0.1) is 11.3 Å². The van der Waals surface area contributed by atoms with Crippen molar-refractivity contribution in [3.05, 3.63) is 69.2 Å². The van der Waals surface area contributed by atoms with Gasteiger partial charge in [-0.3, -0.25) is 4.79 Å². The van der Waals surface area contributed by atoms with Crippen LogP contribution in [0.3, 0.4) is 0 Å². The van der Waals surface area contributed by atoms with Gasteiger partial charge in [0.15, 0.2) is 0 Å². The zero-order chi connectivity index (χ0) is 16.7. The van der Waals surface area contributed by atoms with Crippen LogP contribution in [0.5, 0.6) is 0 Å². The number of benzene rings is 1. The topological polar surface area (TPSA) is 38.1 Å². The van der Waals surface area contributed by atoms with Gasteiger partial charge in [0.1, 0.15) is 0 Å². The van der Waals surface area contributed by atoms with Crippen molar-refractivity contribution in [3.8, 4) is 5.69 Å². The second-order valence-electron chi connectivity index (χ2n) is 6.23. The van der Waals surface area contributed by atoms with E-state index in [9.17, 15) is 4.79 Å². The fraction of sp³-hybridized carbons (Fsp3) is 0.263. The molecule has 1 aromatic carbocycles. The fourth-order valence-electron chi connectivity index (χ4n) is 3.24. The zero-order valence-corrected chi connectivity index (χ0v) is 14.6. The van der Waals surface area contributed by atoms with Crippen molar-refractivity contribution >= 4 is 17.2 Å². The van der Waals surface area contributed by atoms with Crippen LogP contribution < -0.4 is 0 Å². The molecule has 0 spiro atoms. The summed E-state index contributed by atoms with van der Waals surface area (Å²) in [7, 11) is 0. The zero-order valence-electron chi connectivity index (χ0n) is 13.8. The number of carbonyl (C=O) groups is 1. The lowest BCUT2D eigenvalue weighted by Gasteiger charge is -2.27. The number of nitrogens with zero attached hydrogens (tertiary/aromatic N) is 3. The lowest BCUT2D eigenvalue weighted by Crippen LogP contribution is -2.35. The number of hydrogen-bond acceptors (Lipinski definition) is 3. The average Bonchev–Trinajstić information content (AvgIpc) is 3.19. The van der Waals surface area contributed by atoms with Crippen molar-refractivity contribution in [2.45, 2.75) is 26.8 Å². The van der Waals surface area contributed by atoms with E-state index in [0.717, 1.165) is 42.1 Å². The maximum Gasteiger partial charge on any atom is 0.254 e. The van der Waals surface area contributed by atoms with Gasteiger partial charge in [0.2, 0.25) is 0 Å². The number of amides is 1. The molecule has 0 unspecified atom stereocenters. The molecule has 4 rings (SSSR count).